The number of nitrogens with zero attached hydrogens (tertiary/aromatic N) is 7. The molecule has 590 valence electrons. The molecule has 111 heavy (non-hydrogen) atoms. The van der Waals surface area contributed by atoms with E-state index in [-0.39, 0.29) is 79.0 Å². The van der Waals surface area contributed by atoms with Crippen molar-refractivity contribution in [3.63, 3.8) is 0 Å². The molecule has 8 N–H and O–H groups in total. The minimum absolute atomic E-state index is 0.00558. The van der Waals surface area contributed by atoms with Crippen molar-refractivity contribution in [3.05, 3.63) is 234 Å². The number of urea groups is 1. The molecule has 3 amide bonds. The smallest absolute Gasteiger partial charge is 0.319 e. The quantitative estimate of drug-likeness (QED) is 0.0114. The Hall–Kier alpha value is -10.9. The van der Waals surface area contributed by atoms with Gasteiger partial charge in [-0.1, -0.05) is 141 Å². The molecule has 7 rings (SSSR count). The molecule has 3 atom stereocenters. The van der Waals surface area contributed by atoms with Crippen molar-refractivity contribution < 1.29 is 52.7 Å². The first-order valence-corrected chi connectivity index (χ1v) is 41.4. The van der Waals surface area contributed by atoms with E-state index in [0.717, 1.165) is 69.6 Å². The SMILES string of the molecule is Cc1ccc(OCCCNC(=O)Nc2ccc(NNS(C)(=O)=O)cc2)c(C)c1.[C-]#[N+]c1cc(Cc2cc(C)ccc2C)c(S(C)(=O)=O)cc1[N+]#[C-].[C-]#[N+]c1cc(NNC(=O)C(CC)Oc2ccc(C(C)(C)CC)cc2C(C)(C)CC)c(S(=O)OCC(C)CC)cc1[N+]#[C-].[C-]#[N+]c1ccc(NNS(=O)(=O)N(C)C)cc1[N+]#[C-]. The molecular weight excluding hydrogens is 1490 g/mol. The van der Waals surface area contributed by atoms with Gasteiger partial charge in [0.15, 0.2) is 61.1 Å². The Balaban J connectivity index is 0.000000328. The summed E-state index contributed by atoms with van der Waals surface area (Å²) in [5, 5.41) is 5.47. The molecule has 0 spiro atoms. The lowest BCUT2D eigenvalue weighted by molar-refractivity contribution is -0.127. The monoisotopic (exact) mass is 1590 g/mol. The van der Waals surface area contributed by atoms with Gasteiger partial charge in [-0.25, -0.2) is 25.8 Å². The molecule has 0 heterocycles. The summed E-state index contributed by atoms with van der Waals surface area (Å²) in [6.45, 7) is 71.2. The first-order chi connectivity index (χ1) is 52.2. The van der Waals surface area contributed by atoms with Crippen LogP contribution in [0.25, 0.3) is 29.1 Å². The predicted octanol–water partition coefficient (Wildman–Crippen LogP) is 17.2. The van der Waals surface area contributed by atoms with Crippen molar-refractivity contribution in [2.24, 2.45) is 5.92 Å². The molecule has 3 unspecified atom stereocenters. The van der Waals surface area contributed by atoms with Crippen LogP contribution >= 0.6 is 0 Å². The Morgan fingerprint density at radius 2 is 1.13 bits per heavy atom. The summed E-state index contributed by atoms with van der Waals surface area (Å²) >= 11 is -1.91. The number of carbonyl (C=O) groups excluding carboxylic acids is 2. The highest BCUT2D eigenvalue weighted by Crippen LogP contribution is 2.41. The number of ether oxygens (including phenoxy) is 2. The number of nitrogens with one attached hydrogen (secondary N) is 8. The van der Waals surface area contributed by atoms with Crippen LogP contribution in [0.1, 0.15) is 139 Å². The number of carbonyl (C=O) groups is 2. The summed E-state index contributed by atoms with van der Waals surface area (Å²) < 4.78 is 101. The van der Waals surface area contributed by atoms with Crippen LogP contribution < -0.4 is 51.5 Å². The lowest BCUT2D eigenvalue weighted by Crippen LogP contribution is -2.41. The third kappa shape index (κ3) is 29.1. The number of hydrogen-bond acceptors (Lipinski definition) is 15. The van der Waals surface area contributed by atoms with Gasteiger partial charge in [0.2, 0.25) is 10.0 Å². The van der Waals surface area contributed by atoms with Crippen molar-refractivity contribution in [3.8, 4) is 11.5 Å². The third-order valence-corrected chi connectivity index (χ3v) is 21.6. The van der Waals surface area contributed by atoms with E-state index in [1.165, 1.54) is 67.7 Å². The average Bonchev–Trinajstić information content (AvgIpc) is 0.766. The zero-order valence-electron chi connectivity index (χ0n) is 65.7. The van der Waals surface area contributed by atoms with Crippen LogP contribution in [-0.2, 0) is 67.4 Å². The lowest BCUT2D eigenvalue weighted by Gasteiger charge is -2.31. The minimum atomic E-state index is -3.60. The maximum Gasteiger partial charge on any atom is 0.319 e. The Morgan fingerprint density at radius 3 is 1.69 bits per heavy atom. The van der Waals surface area contributed by atoms with E-state index in [2.05, 4.69) is 131 Å². The van der Waals surface area contributed by atoms with Gasteiger partial charge in [-0.15, -0.1) is 9.66 Å². The van der Waals surface area contributed by atoms with Crippen LogP contribution in [-0.4, -0.2) is 98.2 Å². The summed E-state index contributed by atoms with van der Waals surface area (Å²) in [6.07, 6.45) is 5.61. The molecule has 0 fully saturated rings. The third-order valence-electron chi connectivity index (χ3n) is 17.6. The highest BCUT2D eigenvalue weighted by Gasteiger charge is 2.30. The van der Waals surface area contributed by atoms with E-state index in [4.69, 9.17) is 53.1 Å². The van der Waals surface area contributed by atoms with Crippen molar-refractivity contribution in [2.45, 2.75) is 155 Å². The van der Waals surface area contributed by atoms with Gasteiger partial charge in [-0.05, 0) is 165 Å². The highest BCUT2D eigenvalue weighted by molar-refractivity contribution is 7.90. The van der Waals surface area contributed by atoms with E-state index in [9.17, 15) is 39.1 Å². The van der Waals surface area contributed by atoms with E-state index in [1.54, 1.807) is 24.3 Å². The topological polar surface area (TPSA) is 307 Å². The van der Waals surface area contributed by atoms with E-state index in [0.29, 0.717) is 60.8 Å². The predicted molar refractivity (Wildman–Crippen MR) is 441 cm³/mol. The average molecular weight is 1590 g/mol. The summed E-state index contributed by atoms with van der Waals surface area (Å²) in [4.78, 5) is 49.6. The number of sulfonamides is 1. The number of aryl methyl sites for hydroxylation is 4. The zero-order valence-corrected chi connectivity index (χ0v) is 69.0. The summed E-state index contributed by atoms with van der Waals surface area (Å²) in [7, 11) is -7.65. The molecule has 0 bridgehead atoms. The maximum absolute atomic E-state index is 13.4. The summed E-state index contributed by atoms with van der Waals surface area (Å²) in [5.74, 6) is 1.29. The number of hydrogen-bond donors (Lipinski definition) is 8. The molecule has 31 heteroatoms. The van der Waals surface area contributed by atoms with Gasteiger partial charge in [0, 0.05) is 49.5 Å². The highest BCUT2D eigenvalue weighted by atomic mass is 32.2. The van der Waals surface area contributed by atoms with Gasteiger partial charge in [0.1, 0.15) is 11.5 Å². The summed E-state index contributed by atoms with van der Waals surface area (Å²) in [5.41, 5.74) is 21.2. The van der Waals surface area contributed by atoms with Crippen molar-refractivity contribution in [1.82, 2.24) is 24.7 Å². The second-order valence-corrected chi connectivity index (χ2v) is 34.1. The van der Waals surface area contributed by atoms with E-state index < -0.39 is 53.2 Å². The number of anilines is 4. The van der Waals surface area contributed by atoms with Gasteiger partial charge < -0.3 is 31.0 Å². The fraction of sp³-hybridized carbons (Fsp3) is 0.375. The molecule has 0 aromatic heterocycles. The number of sulfone groups is 1. The Kier molecular flexibility index (Phi) is 35.7. The van der Waals surface area contributed by atoms with Gasteiger partial charge in [0.25, 0.3) is 16.1 Å². The minimum Gasteiger partial charge on any atom is -0.493 e. The van der Waals surface area contributed by atoms with Crippen LogP contribution in [0.2, 0.25) is 0 Å². The largest absolute Gasteiger partial charge is 0.493 e. The standard InChI is InChI=1S/C33H46N4O4S.C19H26N4O4S.C18H16N2O2S.C10H11N5O2S/c1-12-22(5)21-40-42(39)30-20-26(35-11)25(34-10)19-27(30)36-37-31(38)28(13-2)41-29-17-16-23(32(6,7)14-3)18-24(29)33(8,9)15-4;1-14-5-10-18(15(2)13-14)27-12-4-11-20-19(24)21-16-6-8-17(9-7-16)22-23-28(3,25)26;1-12-6-7-13(2)14(8-12)9-15-10-16(19-3)17(20-4)11-18(15)23(5,21)22;1-11-9-6-5-8(7-10(9)12-2)13-14-18(16,17)15(3)4/h16-20,22,28,36H,12-15,21H2,1-9H3,(H,37,38);5-10,13,22-23H,4,11-12H2,1-3H3,(H2,20,21,24);6-8,10-11H,9H2,1-2,5H3;5-7,13-14H,3-4H3. The molecule has 0 radical (unpaired) electrons. The second kappa shape index (κ2) is 42.9. The molecular formula is C80H99N15O12S4. The molecule has 0 aliphatic carbocycles. The van der Waals surface area contributed by atoms with Crippen LogP contribution in [0.3, 0.4) is 0 Å². The number of amides is 3. The normalized spacial score (nSPS) is 12.0. The first kappa shape index (κ1) is 92.4. The van der Waals surface area contributed by atoms with Gasteiger partial charge in [-0.3, -0.25) is 48.9 Å². The van der Waals surface area contributed by atoms with Crippen molar-refractivity contribution in [2.75, 3.05) is 68.0 Å². The number of rotatable bonds is 31. The zero-order chi connectivity index (χ0) is 83.2. The second-order valence-electron chi connectivity index (χ2n) is 27.3. The van der Waals surface area contributed by atoms with Crippen LogP contribution in [0.15, 0.2) is 131 Å². The number of benzene rings is 7. The van der Waals surface area contributed by atoms with Gasteiger partial charge >= 0.3 is 6.03 Å². The van der Waals surface area contributed by atoms with Gasteiger partial charge in [-0.2, -0.15) is 12.7 Å². The first-order valence-electron chi connectivity index (χ1n) is 35.1. The lowest BCUT2D eigenvalue weighted by atomic mass is 9.76. The molecule has 0 saturated heterocycles. The molecule has 0 saturated carbocycles. The summed E-state index contributed by atoms with van der Waals surface area (Å²) in [6, 6.07) is 34.6. The van der Waals surface area contributed by atoms with Crippen molar-refractivity contribution in [1.29, 1.82) is 0 Å². The van der Waals surface area contributed by atoms with E-state index in [1.807, 2.05) is 84.9 Å². The Morgan fingerprint density at radius 1 is 0.577 bits per heavy atom. The molecule has 0 aliphatic rings. The Labute approximate surface area is 658 Å². The van der Waals surface area contributed by atoms with Gasteiger partial charge in [0.05, 0.1) is 74.4 Å². The fourth-order valence-corrected chi connectivity index (χ4v) is 12.5. The Bertz CT molecular complexity index is 5090. The molecule has 0 aliphatic heterocycles. The fourth-order valence-electron chi connectivity index (χ4n) is 9.83. The maximum atomic E-state index is 13.4. The number of hydrazine groups is 3. The molecule has 7 aromatic carbocycles. The van der Waals surface area contributed by atoms with Crippen LogP contribution in [0.4, 0.5) is 61.7 Å². The molecule has 27 nitrogen and oxygen atoms in total. The van der Waals surface area contributed by atoms with E-state index >= 15 is 0 Å². The van der Waals surface area contributed by atoms with Crippen molar-refractivity contribution >= 4 is 110 Å². The molecule has 7 aromatic rings. The van der Waals surface area contributed by atoms with Crippen LogP contribution in [0.5, 0.6) is 11.5 Å². The van der Waals surface area contributed by atoms with Crippen LogP contribution in [0, 0.1) is 73.0 Å².